The van der Waals surface area contributed by atoms with E-state index in [-0.39, 0.29) is 17.4 Å². The summed E-state index contributed by atoms with van der Waals surface area (Å²) in [5.74, 6) is -0.558. The van der Waals surface area contributed by atoms with E-state index in [1.807, 2.05) is 15.9 Å². The Kier molecular flexibility index (Phi) is 5.30. The van der Waals surface area contributed by atoms with Gasteiger partial charge in [0, 0.05) is 38.3 Å². The number of hydrogen-bond donors (Lipinski definition) is 0. The van der Waals surface area contributed by atoms with Crippen LogP contribution in [0.1, 0.15) is 5.56 Å². The molecule has 2 aromatic rings. The monoisotopic (exact) mass is 412 g/mol. The molecular weight excluding hydrogens is 395 g/mol. The number of aliphatic imine (C=N–C) groups is 1. The van der Waals surface area contributed by atoms with Crippen molar-refractivity contribution in [1.29, 1.82) is 0 Å². The van der Waals surface area contributed by atoms with Crippen LogP contribution in [-0.4, -0.2) is 47.1 Å². The maximum Gasteiger partial charge on any atom is 0.286 e. The molecule has 2 aromatic carbocycles. The van der Waals surface area contributed by atoms with Gasteiger partial charge in [-0.1, -0.05) is 12.1 Å². The van der Waals surface area contributed by atoms with E-state index >= 15 is 0 Å². The number of rotatable bonds is 3. The molecular formula is C20H17FN4O3S. The van der Waals surface area contributed by atoms with Crippen molar-refractivity contribution in [3.05, 3.63) is 74.9 Å². The van der Waals surface area contributed by atoms with E-state index in [0.717, 1.165) is 0 Å². The number of nitro benzene ring substituents is 1. The summed E-state index contributed by atoms with van der Waals surface area (Å²) in [7, 11) is 0. The summed E-state index contributed by atoms with van der Waals surface area (Å²) in [6.07, 6.45) is 1.68. The minimum absolute atomic E-state index is 0.00205. The Hall–Kier alpha value is -3.20. The first-order valence-corrected chi connectivity index (χ1v) is 9.84. The fourth-order valence-corrected chi connectivity index (χ4v) is 4.19. The number of carbonyl (C=O) groups is 1. The third-order valence-corrected chi connectivity index (χ3v) is 5.80. The summed E-state index contributed by atoms with van der Waals surface area (Å²) in [5.41, 5.74) is 1.29. The molecule has 148 valence electrons. The lowest BCUT2D eigenvalue weighted by Crippen LogP contribution is -2.48. The molecule has 7 nitrogen and oxygen atoms in total. The number of halogens is 1. The van der Waals surface area contributed by atoms with Crippen molar-refractivity contribution in [3.8, 4) is 0 Å². The average Bonchev–Trinajstić information content (AvgIpc) is 3.09. The van der Waals surface area contributed by atoms with Gasteiger partial charge in [-0.15, -0.1) is 0 Å². The largest absolute Gasteiger partial charge is 0.366 e. The lowest BCUT2D eigenvalue weighted by Gasteiger charge is -2.36. The van der Waals surface area contributed by atoms with Crippen LogP contribution in [0.2, 0.25) is 0 Å². The topological polar surface area (TPSA) is 79.0 Å². The Morgan fingerprint density at radius 2 is 1.69 bits per heavy atom. The number of non-ortho nitro benzene ring substituents is 1. The fraction of sp³-hybridized carbons (Fsp3) is 0.200. The number of benzene rings is 2. The molecule has 29 heavy (non-hydrogen) atoms. The van der Waals surface area contributed by atoms with Gasteiger partial charge in [0.25, 0.3) is 11.6 Å². The molecule has 1 fully saturated rings. The fourth-order valence-electron chi connectivity index (χ4n) is 3.22. The van der Waals surface area contributed by atoms with Gasteiger partial charge in [-0.25, -0.2) is 4.39 Å². The van der Waals surface area contributed by atoms with Gasteiger partial charge in [-0.2, -0.15) is 4.99 Å². The van der Waals surface area contributed by atoms with Crippen LogP contribution < -0.4 is 4.90 Å². The van der Waals surface area contributed by atoms with E-state index in [4.69, 9.17) is 0 Å². The lowest BCUT2D eigenvalue weighted by molar-refractivity contribution is -0.384. The van der Waals surface area contributed by atoms with Crippen LogP contribution in [0.3, 0.4) is 0 Å². The van der Waals surface area contributed by atoms with Crippen molar-refractivity contribution >= 4 is 40.3 Å². The highest BCUT2D eigenvalue weighted by Crippen LogP contribution is 2.31. The maximum atomic E-state index is 14.0. The first kappa shape index (κ1) is 19.1. The molecule has 2 aliphatic rings. The van der Waals surface area contributed by atoms with Gasteiger partial charge < -0.3 is 9.80 Å². The Bertz CT molecular complexity index is 1010. The zero-order valence-corrected chi connectivity index (χ0v) is 16.1. The first-order chi connectivity index (χ1) is 14.0. The van der Waals surface area contributed by atoms with Crippen molar-refractivity contribution in [1.82, 2.24) is 4.90 Å². The third-order valence-electron chi connectivity index (χ3n) is 4.75. The molecule has 2 heterocycles. The van der Waals surface area contributed by atoms with Gasteiger partial charge in [0.15, 0.2) is 5.17 Å². The molecule has 1 saturated heterocycles. The highest BCUT2D eigenvalue weighted by Gasteiger charge is 2.29. The molecule has 0 saturated carbocycles. The first-order valence-electron chi connectivity index (χ1n) is 9.03. The van der Waals surface area contributed by atoms with Crippen molar-refractivity contribution in [3.63, 3.8) is 0 Å². The summed E-state index contributed by atoms with van der Waals surface area (Å²) < 4.78 is 14.0. The second kappa shape index (κ2) is 8.04. The van der Waals surface area contributed by atoms with E-state index in [1.165, 1.54) is 30.0 Å². The smallest absolute Gasteiger partial charge is 0.286 e. The summed E-state index contributed by atoms with van der Waals surface area (Å²) in [5, 5.41) is 11.4. The van der Waals surface area contributed by atoms with Gasteiger partial charge in [-0.3, -0.25) is 14.9 Å². The number of nitro groups is 1. The predicted octanol–water partition coefficient (Wildman–Crippen LogP) is 3.53. The van der Waals surface area contributed by atoms with E-state index in [0.29, 0.717) is 47.5 Å². The zero-order valence-electron chi connectivity index (χ0n) is 15.3. The summed E-state index contributed by atoms with van der Waals surface area (Å²) in [4.78, 5) is 31.2. The molecule has 0 aromatic heterocycles. The molecule has 0 atom stereocenters. The minimum Gasteiger partial charge on any atom is -0.366 e. The minimum atomic E-state index is -0.464. The van der Waals surface area contributed by atoms with Crippen molar-refractivity contribution < 1.29 is 14.1 Å². The number of thioether (sulfide) groups is 1. The molecule has 2 aliphatic heterocycles. The average molecular weight is 412 g/mol. The normalized spacial score (nSPS) is 18.3. The number of anilines is 1. The van der Waals surface area contributed by atoms with Gasteiger partial charge in [0.05, 0.1) is 15.5 Å². The zero-order chi connectivity index (χ0) is 20.4. The highest BCUT2D eigenvalue weighted by molar-refractivity contribution is 8.18. The van der Waals surface area contributed by atoms with Crippen LogP contribution in [0.15, 0.2) is 58.4 Å². The lowest BCUT2D eigenvalue weighted by atomic mass is 10.2. The van der Waals surface area contributed by atoms with Crippen LogP contribution >= 0.6 is 11.8 Å². The molecule has 0 unspecified atom stereocenters. The van der Waals surface area contributed by atoms with Gasteiger partial charge in [-0.05, 0) is 47.7 Å². The number of piperazine rings is 1. The summed E-state index contributed by atoms with van der Waals surface area (Å²) in [6, 6.07) is 12.7. The SMILES string of the molecule is O=C1N=C(N2CCN(c3ccccc3F)CC2)SC1=Cc1ccc([N+](=O)[O-])cc1. The second-order valence-electron chi connectivity index (χ2n) is 6.58. The molecule has 0 N–H and O–H groups in total. The quantitative estimate of drug-likeness (QED) is 0.436. The Labute approximate surface area is 170 Å². The van der Waals surface area contributed by atoms with E-state index in [9.17, 15) is 19.3 Å². The molecule has 0 aliphatic carbocycles. The van der Waals surface area contributed by atoms with Crippen molar-refractivity contribution in [2.24, 2.45) is 4.99 Å². The second-order valence-corrected chi connectivity index (χ2v) is 7.59. The standard InChI is InChI=1S/C20H17FN4O3S/c21-16-3-1-2-4-17(16)23-9-11-24(12-10-23)20-22-19(26)18(29-20)13-14-5-7-15(8-6-14)25(27)28/h1-8,13H,9-12H2. The van der Waals surface area contributed by atoms with Crippen LogP contribution in [-0.2, 0) is 4.79 Å². The van der Waals surface area contributed by atoms with Crippen LogP contribution in [0.4, 0.5) is 15.8 Å². The molecule has 0 radical (unpaired) electrons. The predicted molar refractivity (Wildman–Crippen MR) is 111 cm³/mol. The number of para-hydroxylation sites is 1. The molecule has 0 spiro atoms. The number of carbonyl (C=O) groups excluding carboxylic acids is 1. The van der Waals surface area contributed by atoms with E-state index in [2.05, 4.69) is 4.99 Å². The van der Waals surface area contributed by atoms with Crippen molar-refractivity contribution in [2.75, 3.05) is 31.1 Å². The molecule has 0 bridgehead atoms. The van der Waals surface area contributed by atoms with Crippen LogP contribution in [0.25, 0.3) is 6.08 Å². The number of hydrogen-bond acceptors (Lipinski definition) is 6. The molecule has 4 rings (SSSR count). The van der Waals surface area contributed by atoms with Crippen LogP contribution in [0.5, 0.6) is 0 Å². The Morgan fingerprint density at radius 1 is 1.03 bits per heavy atom. The van der Waals surface area contributed by atoms with Crippen molar-refractivity contribution in [2.45, 2.75) is 0 Å². The Balaban J connectivity index is 1.40. The summed E-state index contributed by atoms with van der Waals surface area (Å²) in [6.45, 7) is 2.54. The summed E-state index contributed by atoms with van der Waals surface area (Å²) >= 11 is 1.29. The number of nitrogens with zero attached hydrogens (tertiary/aromatic N) is 4. The number of amides is 1. The highest BCUT2D eigenvalue weighted by atomic mass is 32.2. The molecule has 9 heteroatoms. The third kappa shape index (κ3) is 4.14. The van der Waals surface area contributed by atoms with Gasteiger partial charge >= 0.3 is 0 Å². The molecule has 1 amide bonds. The maximum absolute atomic E-state index is 14.0. The van der Waals surface area contributed by atoms with E-state index in [1.54, 1.807) is 30.3 Å². The van der Waals surface area contributed by atoms with Gasteiger partial charge in [0.1, 0.15) is 5.82 Å². The van der Waals surface area contributed by atoms with Gasteiger partial charge in [0.2, 0.25) is 0 Å². The Morgan fingerprint density at radius 3 is 2.34 bits per heavy atom. The number of amidine groups is 1. The van der Waals surface area contributed by atoms with E-state index < -0.39 is 4.92 Å². The van der Waals surface area contributed by atoms with Crippen LogP contribution in [0, 0.1) is 15.9 Å².